The third-order valence-electron chi connectivity index (χ3n) is 9.85. The molecule has 1 aliphatic carbocycles. The van der Waals surface area contributed by atoms with Gasteiger partial charge in [0.05, 0.1) is 8.07 Å². The van der Waals surface area contributed by atoms with Gasteiger partial charge in [-0.3, -0.25) is 0 Å². The maximum absolute atomic E-state index is 2.68. The number of rotatable bonds is 5. The summed E-state index contributed by atoms with van der Waals surface area (Å²) in [6.07, 6.45) is 6.86. The molecule has 0 saturated heterocycles. The van der Waals surface area contributed by atoms with Crippen LogP contribution in [0.25, 0.3) is 43.8 Å². The molecule has 0 N–H and O–H groups in total. The zero-order valence-electron chi connectivity index (χ0n) is 26.5. The standard InChI is InChI=1S/C39H38Si.2CH3.Hf/c1-27-15-19-29(20-16-27)36-13-7-9-31-23-34(25-38(31)36)40(3,33-11-5-4-6-12-33)35-24-32-10-8-14-37(39(32)26-35)30-21-17-28(2)18-22-30;;;/h7-10,13-26,33H,4-6,11-12H2,1-3H3;2*1H3;/q-2;2*-1;+4. The first-order chi connectivity index (χ1) is 19.5. The first-order valence-corrected chi connectivity index (χ1v) is 17.6. The number of aryl methyl sites for hydroxylation is 2. The van der Waals surface area contributed by atoms with Gasteiger partial charge in [0.2, 0.25) is 0 Å². The Morgan fingerprint density at radius 3 is 1.42 bits per heavy atom. The fourth-order valence-corrected chi connectivity index (χ4v) is 12.0. The molecule has 6 aromatic carbocycles. The van der Waals surface area contributed by atoms with Gasteiger partial charge >= 0.3 is 25.8 Å². The summed E-state index contributed by atoms with van der Waals surface area (Å²) in [4.78, 5) is 0. The Kier molecular flexibility index (Phi) is 10.3. The van der Waals surface area contributed by atoms with Crippen LogP contribution in [0.2, 0.25) is 12.1 Å². The van der Waals surface area contributed by atoms with Crippen LogP contribution in [0, 0.1) is 28.7 Å². The van der Waals surface area contributed by atoms with Crippen LogP contribution >= 0.6 is 0 Å². The summed E-state index contributed by atoms with van der Waals surface area (Å²) in [5.74, 6) is 0. The number of benzene rings is 4. The Morgan fingerprint density at radius 1 is 0.581 bits per heavy atom. The minimum Gasteiger partial charge on any atom is -0.358 e. The predicted octanol–water partition coefficient (Wildman–Crippen LogP) is 10.8. The van der Waals surface area contributed by atoms with E-state index in [1.54, 1.807) is 10.4 Å². The van der Waals surface area contributed by atoms with Crippen LogP contribution in [-0.2, 0) is 25.8 Å². The molecule has 0 unspecified atom stereocenters. The van der Waals surface area contributed by atoms with Crippen LogP contribution < -0.4 is 10.4 Å². The normalized spacial score (nSPS) is 13.7. The van der Waals surface area contributed by atoms with Crippen molar-refractivity contribution in [3.63, 3.8) is 0 Å². The van der Waals surface area contributed by atoms with Gasteiger partial charge in [-0.05, 0) is 30.5 Å². The third kappa shape index (κ3) is 5.98. The largest absolute Gasteiger partial charge is 4.00 e. The zero-order chi connectivity index (χ0) is 27.3. The summed E-state index contributed by atoms with van der Waals surface area (Å²) in [7, 11) is -2.03. The van der Waals surface area contributed by atoms with E-state index in [0.29, 0.717) is 0 Å². The van der Waals surface area contributed by atoms with E-state index < -0.39 is 8.07 Å². The van der Waals surface area contributed by atoms with Crippen LogP contribution in [0.5, 0.6) is 0 Å². The van der Waals surface area contributed by atoms with Crippen molar-refractivity contribution in [2.45, 2.75) is 58.0 Å². The fourth-order valence-electron chi connectivity index (χ4n) is 7.36. The van der Waals surface area contributed by atoms with Crippen molar-refractivity contribution in [1.82, 2.24) is 0 Å². The topological polar surface area (TPSA) is 0 Å². The molecule has 0 atom stereocenters. The van der Waals surface area contributed by atoms with E-state index in [0.717, 1.165) is 5.54 Å². The molecule has 7 rings (SSSR count). The maximum atomic E-state index is 2.68. The summed E-state index contributed by atoms with van der Waals surface area (Å²) in [5.41, 5.74) is 8.75. The van der Waals surface area contributed by atoms with Crippen LogP contribution in [-0.4, -0.2) is 8.07 Å². The molecule has 1 fully saturated rings. The molecular formula is C41H44HfSi. The average molecular weight is 743 g/mol. The van der Waals surface area contributed by atoms with E-state index in [9.17, 15) is 0 Å². The van der Waals surface area contributed by atoms with Crippen LogP contribution in [0.15, 0.2) is 109 Å². The van der Waals surface area contributed by atoms with Crippen molar-refractivity contribution in [3.8, 4) is 22.3 Å². The molecule has 43 heavy (non-hydrogen) atoms. The van der Waals surface area contributed by atoms with Crippen molar-refractivity contribution in [3.05, 3.63) is 135 Å². The van der Waals surface area contributed by atoms with Crippen molar-refractivity contribution in [2.75, 3.05) is 0 Å². The van der Waals surface area contributed by atoms with E-state index in [4.69, 9.17) is 0 Å². The van der Waals surface area contributed by atoms with E-state index >= 15 is 0 Å². The molecule has 0 heterocycles. The second kappa shape index (κ2) is 13.4. The van der Waals surface area contributed by atoms with Gasteiger partial charge in [-0.2, -0.15) is 12.1 Å². The van der Waals surface area contributed by atoms with Crippen molar-refractivity contribution in [1.29, 1.82) is 0 Å². The van der Waals surface area contributed by atoms with E-state index in [1.165, 1.54) is 87.0 Å². The number of hydrogen-bond acceptors (Lipinski definition) is 0. The van der Waals surface area contributed by atoms with Crippen LogP contribution in [0.1, 0.15) is 43.2 Å². The molecule has 0 amide bonds. The van der Waals surface area contributed by atoms with E-state index in [-0.39, 0.29) is 40.7 Å². The molecule has 0 spiro atoms. The molecule has 2 heteroatoms. The summed E-state index contributed by atoms with van der Waals surface area (Å²) in [5, 5.41) is 8.82. The summed E-state index contributed by atoms with van der Waals surface area (Å²) >= 11 is 0. The van der Waals surface area contributed by atoms with Gasteiger partial charge < -0.3 is 14.9 Å². The van der Waals surface area contributed by atoms with Crippen molar-refractivity contribution < 1.29 is 25.8 Å². The summed E-state index contributed by atoms with van der Waals surface area (Å²) < 4.78 is 0. The zero-order valence-corrected chi connectivity index (χ0v) is 31.1. The van der Waals surface area contributed by atoms with Gasteiger partial charge in [0, 0.05) is 0 Å². The minimum absolute atomic E-state index is 0. The monoisotopic (exact) mass is 744 g/mol. The molecule has 0 nitrogen and oxygen atoms in total. The Bertz CT molecular complexity index is 1670. The van der Waals surface area contributed by atoms with Crippen LogP contribution in [0.3, 0.4) is 0 Å². The summed E-state index contributed by atoms with van der Waals surface area (Å²) in [6, 6.07) is 42.1. The Balaban J connectivity index is 0.00000141. The Hall–Kier alpha value is -2.81. The molecule has 6 aromatic rings. The fraction of sp³-hybridized carbons (Fsp3) is 0.220. The van der Waals surface area contributed by atoms with Crippen LogP contribution in [0.4, 0.5) is 0 Å². The minimum atomic E-state index is -2.03. The Labute approximate surface area is 279 Å². The van der Waals surface area contributed by atoms with Gasteiger partial charge in [-0.25, -0.2) is 0 Å². The molecule has 0 radical (unpaired) electrons. The average Bonchev–Trinajstić information content (AvgIpc) is 3.63. The smallest absolute Gasteiger partial charge is 0.358 e. The molecule has 216 valence electrons. The van der Waals surface area contributed by atoms with Gasteiger partial charge in [0.15, 0.2) is 0 Å². The van der Waals surface area contributed by atoms with Gasteiger partial charge in [-0.15, -0.1) is 68.3 Å². The van der Waals surface area contributed by atoms with Crippen molar-refractivity contribution in [2.24, 2.45) is 0 Å². The van der Waals surface area contributed by atoms with Gasteiger partial charge in [0.1, 0.15) is 0 Å². The second-order valence-electron chi connectivity index (χ2n) is 12.4. The third-order valence-corrected chi connectivity index (χ3v) is 15.0. The van der Waals surface area contributed by atoms with Gasteiger partial charge in [0.25, 0.3) is 0 Å². The van der Waals surface area contributed by atoms with Gasteiger partial charge in [-0.1, -0.05) is 122 Å². The molecule has 0 bridgehead atoms. The maximum Gasteiger partial charge on any atom is 4.00 e. The first-order valence-electron chi connectivity index (χ1n) is 15.0. The number of hydrogen-bond donors (Lipinski definition) is 0. The Morgan fingerprint density at radius 2 is 1.00 bits per heavy atom. The molecular weight excluding hydrogens is 699 g/mol. The second-order valence-corrected chi connectivity index (χ2v) is 16.8. The molecule has 1 aliphatic rings. The first kappa shape index (κ1) is 33.1. The van der Waals surface area contributed by atoms with Crippen molar-refractivity contribution >= 4 is 40.0 Å². The molecule has 0 aliphatic heterocycles. The SMILES string of the molecule is Cc1ccc(-c2cccc3[cH-]c([Si](C)(c4cc5c(-c6ccc(C)cc6)cccc5[cH-]4)C4CCCCC4)cc23)cc1.[CH3-].[CH3-].[Hf+4]. The van der Waals surface area contributed by atoms with E-state index in [2.05, 4.69) is 130 Å². The van der Waals surface area contributed by atoms with E-state index in [1.807, 2.05) is 0 Å². The quantitative estimate of drug-likeness (QED) is 0.122. The molecule has 0 aromatic heterocycles. The molecule has 1 saturated carbocycles. The predicted molar refractivity (Wildman–Crippen MR) is 190 cm³/mol. The number of fused-ring (bicyclic) bond motifs is 2. The summed E-state index contributed by atoms with van der Waals surface area (Å²) in [6.45, 7) is 7.02.